The molecule has 1 N–H and O–H groups in total. The molecule has 0 aromatic heterocycles. The molecule has 2 aliphatic rings. The van der Waals surface area contributed by atoms with Crippen LogP contribution < -0.4 is 15.0 Å². The van der Waals surface area contributed by atoms with Crippen molar-refractivity contribution in [2.24, 2.45) is 0 Å². The third-order valence-electron chi connectivity index (χ3n) is 7.83. The second kappa shape index (κ2) is 11.5. The number of aryl methyl sites for hydroxylation is 1. The molecule has 5 rings (SSSR count). The molecule has 1 spiro atoms. The zero-order valence-electron chi connectivity index (χ0n) is 24.5. The number of benzene rings is 3. The maximum Gasteiger partial charge on any atom is 0.408 e. The highest BCUT2D eigenvalue weighted by Crippen LogP contribution is 2.39. The summed E-state index contributed by atoms with van der Waals surface area (Å²) in [5.41, 5.74) is 6.25. The van der Waals surface area contributed by atoms with Crippen LogP contribution in [0.4, 0.5) is 10.5 Å². The normalized spacial score (nSPS) is 19.3. The molecule has 2 atom stereocenters. The highest BCUT2D eigenvalue weighted by molar-refractivity contribution is 5.72. The number of para-hydroxylation sites is 1. The maximum atomic E-state index is 12.4. The van der Waals surface area contributed by atoms with Crippen molar-refractivity contribution >= 4 is 11.8 Å². The molecular weight excluding hydrogens is 500 g/mol. The lowest BCUT2D eigenvalue weighted by Crippen LogP contribution is -2.45. The van der Waals surface area contributed by atoms with E-state index in [1.807, 2.05) is 52.0 Å². The van der Waals surface area contributed by atoms with E-state index in [0.717, 1.165) is 67.0 Å². The molecular formula is C34H42N2O4. The molecule has 3 aromatic carbocycles. The van der Waals surface area contributed by atoms with Crippen LogP contribution in [0.3, 0.4) is 0 Å². The van der Waals surface area contributed by atoms with Gasteiger partial charge in [-0.2, -0.15) is 0 Å². The van der Waals surface area contributed by atoms with Crippen LogP contribution in [0.25, 0.3) is 11.1 Å². The quantitative estimate of drug-likeness (QED) is 0.320. The molecule has 2 unspecified atom stereocenters. The number of nitrogens with zero attached hydrogens (tertiary/aromatic N) is 1. The highest BCUT2D eigenvalue weighted by Gasteiger charge is 2.44. The van der Waals surface area contributed by atoms with Gasteiger partial charge in [0.05, 0.1) is 18.2 Å². The lowest BCUT2D eigenvalue weighted by atomic mass is 9.94. The zero-order valence-corrected chi connectivity index (χ0v) is 24.5. The molecule has 2 aliphatic heterocycles. The summed E-state index contributed by atoms with van der Waals surface area (Å²) in [6.45, 7) is 13.0. The number of carbonyl (C=O) groups is 1. The van der Waals surface area contributed by atoms with Crippen molar-refractivity contribution < 1.29 is 19.0 Å². The van der Waals surface area contributed by atoms with E-state index in [1.165, 1.54) is 11.3 Å². The van der Waals surface area contributed by atoms with Gasteiger partial charge in [-0.3, -0.25) is 0 Å². The number of anilines is 1. The molecule has 0 bridgehead atoms. The number of ether oxygens (including phenoxy) is 3. The number of hydrogen-bond donors (Lipinski definition) is 1. The van der Waals surface area contributed by atoms with E-state index in [9.17, 15) is 4.79 Å². The first-order valence-electron chi connectivity index (χ1n) is 14.5. The Balaban J connectivity index is 1.41. The fraction of sp³-hybridized carbons (Fsp3) is 0.441. The van der Waals surface area contributed by atoms with E-state index < -0.39 is 11.7 Å². The van der Waals surface area contributed by atoms with E-state index in [4.69, 9.17) is 14.2 Å². The number of amides is 1. The molecule has 40 heavy (non-hydrogen) atoms. The molecule has 0 radical (unpaired) electrons. The number of carbonyl (C=O) groups excluding carboxylic acids is 1. The average molecular weight is 543 g/mol. The van der Waals surface area contributed by atoms with Crippen LogP contribution in [0.2, 0.25) is 0 Å². The van der Waals surface area contributed by atoms with Gasteiger partial charge in [-0.15, -0.1) is 0 Å². The summed E-state index contributed by atoms with van der Waals surface area (Å²) < 4.78 is 17.8. The van der Waals surface area contributed by atoms with E-state index >= 15 is 0 Å². The Morgan fingerprint density at radius 1 is 1.05 bits per heavy atom. The van der Waals surface area contributed by atoms with Gasteiger partial charge in [-0.25, -0.2) is 4.79 Å². The summed E-state index contributed by atoms with van der Waals surface area (Å²) >= 11 is 0. The Bertz CT molecular complexity index is 1340. The Morgan fingerprint density at radius 3 is 2.55 bits per heavy atom. The van der Waals surface area contributed by atoms with Gasteiger partial charge in [0.25, 0.3) is 0 Å². The SMILES string of the molecule is CCc1ccccc1OCc1cc(-c2cccc(C(C)NC(=O)OC(C)(C)C)c2)cc(N2CCC3(CCO3)C2)c1. The minimum atomic E-state index is -0.541. The van der Waals surface area contributed by atoms with Gasteiger partial charge >= 0.3 is 6.09 Å². The lowest BCUT2D eigenvalue weighted by Gasteiger charge is -2.38. The maximum absolute atomic E-state index is 12.4. The predicted molar refractivity (Wildman–Crippen MR) is 160 cm³/mol. The first-order chi connectivity index (χ1) is 19.1. The second-order valence-corrected chi connectivity index (χ2v) is 12.1. The summed E-state index contributed by atoms with van der Waals surface area (Å²) in [5, 5.41) is 2.97. The van der Waals surface area contributed by atoms with Crippen molar-refractivity contribution in [1.82, 2.24) is 5.32 Å². The Labute approximate surface area is 238 Å². The third kappa shape index (κ3) is 6.61. The monoisotopic (exact) mass is 542 g/mol. The molecule has 1 amide bonds. The smallest absolute Gasteiger partial charge is 0.408 e. The van der Waals surface area contributed by atoms with Crippen molar-refractivity contribution in [2.75, 3.05) is 24.6 Å². The molecule has 6 heteroatoms. The van der Waals surface area contributed by atoms with Crippen LogP contribution in [0, 0.1) is 0 Å². The van der Waals surface area contributed by atoms with Crippen LogP contribution in [0.5, 0.6) is 5.75 Å². The minimum absolute atomic E-state index is 0.0232. The molecule has 0 saturated carbocycles. The molecule has 3 aromatic rings. The van der Waals surface area contributed by atoms with Crippen LogP contribution >= 0.6 is 0 Å². The Hall–Kier alpha value is -3.51. The fourth-order valence-corrected chi connectivity index (χ4v) is 5.54. The first kappa shape index (κ1) is 28.0. The standard InChI is InChI=1S/C34H42N2O4/c1-6-26-10-7-8-13-31(26)38-22-25-18-29(21-30(19-25)36-16-14-34(23-36)15-17-39-34)28-12-9-11-27(20-28)24(2)35-32(37)40-33(3,4)5/h7-13,18-21,24H,6,14-17,22-23H2,1-5H3,(H,35,37). The summed E-state index contributed by atoms with van der Waals surface area (Å²) in [4.78, 5) is 14.8. The summed E-state index contributed by atoms with van der Waals surface area (Å²) in [6.07, 6.45) is 2.72. The van der Waals surface area contributed by atoms with E-state index in [0.29, 0.717) is 6.61 Å². The van der Waals surface area contributed by atoms with Gasteiger partial charge in [0.1, 0.15) is 18.0 Å². The van der Waals surface area contributed by atoms with Crippen LogP contribution in [-0.2, 0) is 22.5 Å². The van der Waals surface area contributed by atoms with E-state index in [2.05, 4.69) is 59.6 Å². The Morgan fingerprint density at radius 2 is 1.85 bits per heavy atom. The molecule has 6 nitrogen and oxygen atoms in total. The van der Waals surface area contributed by atoms with Gasteiger partial charge in [0.15, 0.2) is 0 Å². The van der Waals surface area contributed by atoms with Crippen LogP contribution in [-0.4, -0.2) is 37.0 Å². The van der Waals surface area contributed by atoms with Gasteiger partial charge in [-0.05, 0) is 98.7 Å². The Kier molecular flexibility index (Phi) is 8.09. The van der Waals surface area contributed by atoms with E-state index in [1.54, 1.807) is 0 Å². The van der Waals surface area contributed by atoms with Crippen LogP contribution in [0.1, 0.15) is 70.2 Å². The number of rotatable bonds is 8. The minimum Gasteiger partial charge on any atom is -0.489 e. The zero-order chi connectivity index (χ0) is 28.3. The number of nitrogens with one attached hydrogen (secondary N) is 1. The van der Waals surface area contributed by atoms with Crippen molar-refractivity contribution in [3.8, 4) is 16.9 Å². The van der Waals surface area contributed by atoms with Crippen molar-refractivity contribution in [3.63, 3.8) is 0 Å². The molecule has 2 heterocycles. The predicted octanol–water partition coefficient (Wildman–Crippen LogP) is 7.45. The van der Waals surface area contributed by atoms with E-state index in [-0.39, 0.29) is 11.6 Å². The third-order valence-corrected chi connectivity index (χ3v) is 7.83. The molecule has 212 valence electrons. The topological polar surface area (TPSA) is 60.0 Å². The summed E-state index contributed by atoms with van der Waals surface area (Å²) in [7, 11) is 0. The van der Waals surface area contributed by atoms with Gasteiger partial charge in [-0.1, -0.05) is 43.3 Å². The highest BCUT2D eigenvalue weighted by atomic mass is 16.6. The van der Waals surface area contributed by atoms with Crippen LogP contribution in [0.15, 0.2) is 66.7 Å². The lowest BCUT2D eigenvalue weighted by molar-refractivity contribution is -0.130. The number of hydrogen-bond acceptors (Lipinski definition) is 5. The molecule has 2 fully saturated rings. The average Bonchev–Trinajstić information content (AvgIpc) is 3.38. The molecule has 2 saturated heterocycles. The van der Waals surface area contributed by atoms with Crippen molar-refractivity contribution in [2.45, 2.75) is 77.7 Å². The van der Waals surface area contributed by atoms with Crippen molar-refractivity contribution in [3.05, 3.63) is 83.4 Å². The summed E-state index contributed by atoms with van der Waals surface area (Å²) in [6, 6.07) is 23.2. The molecule has 0 aliphatic carbocycles. The van der Waals surface area contributed by atoms with Gasteiger partial charge in [0.2, 0.25) is 0 Å². The fourth-order valence-electron chi connectivity index (χ4n) is 5.54. The van der Waals surface area contributed by atoms with Crippen molar-refractivity contribution in [1.29, 1.82) is 0 Å². The summed E-state index contributed by atoms with van der Waals surface area (Å²) in [5.74, 6) is 0.934. The number of alkyl carbamates (subject to hydrolysis) is 1. The second-order valence-electron chi connectivity index (χ2n) is 12.1. The largest absolute Gasteiger partial charge is 0.489 e. The van der Waals surface area contributed by atoms with Gasteiger partial charge in [0, 0.05) is 25.2 Å². The first-order valence-corrected chi connectivity index (χ1v) is 14.5. The van der Waals surface area contributed by atoms with Gasteiger partial charge < -0.3 is 24.4 Å².